The molecule has 0 saturated heterocycles. The van der Waals surface area contributed by atoms with Gasteiger partial charge in [-0.2, -0.15) is 0 Å². The second-order valence-electron chi connectivity index (χ2n) is 5.18. The lowest BCUT2D eigenvalue weighted by Gasteiger charge is -2.07. The van der Waals surface area contributed by atoms with Gasteiger partial charge in [0, 0.05) is 23.5 Å². The zero-order chi connectivity index (χ0) is 19.1. The molecular formula is C18H16ClN3O4. The number of halogens is 1. The summed E-state index contributed by atoms with van der Waals surface area (Å²) in [6, 6.07) is 9.40. The van der Waals surface area contributed by atoms with Gasteiger partial charge in [-0.25, -0.2) is 9.78 Å². The molecule has 26 heavy (non-hydrogen) atoms. The smallest absolute Gasteiger partial charge is 0.337 e. The van der Waals surface area contributed by atoms with E-state index in [1.165, 1.54) is 32.4 Å². The number of aromatic nitrogens is 1. The first-order chi connectivity index (χ1) is 12.4. The third kappa shape index (κ3) is 5.15. The average molecular weight is 374 g/mol. The molecule has 0 aliphatic heterocycles. The number of ether oxygens (including phenoxy) is 1. The number of carbonyl (C=O) groups excluding carboxylic acids is 3. The fraction of sp³-hybridized carbons (Fsp3) is 0.111. The second-order valence-corrected chi connectivity index (χ2v) is 5.54. The number of hydrogen-bond donors (Lipinski definition) is 2. The highest BCUT2D eigenvalue weighted by Crippen LogP contribution is 2.17. The van der Waals surface area contributed by atoms with E-state index in [1.54, 1.807) is 24.3 Å². The molecule has 0 unspecified atom stereocenters. The van der Waals surface area contributed by atoms with Crippen molar-refractivity contribution >= 4 is 40.8 Å². The highest BCUT2D eigenvalue weighted by Gasteiger charge is 2.10. The Labute approximate surface area is 155 Å². The van der Waals surface area contributed by atoms with Crippen molar-refractivity contribution in [2.45, 2.75) is 6.92 Å². The Morgan fingerprint density at radius 1 is 1.12 bits per heavy atom. The van der Waals surface area contributed by atoms with Gasteiger partial charge in [-0.1, -0.05) is 11.6 Å². The minimum atomic E-state index is -0.506. The van der Waals surface area contributed by atoms with Gasteiger partial charge in [0.25, 0.3) is 5.91 Å². The summed E-state index contributed by atoms with van der Waals surface area (Å²) in [6.07, 6.45) is 2.65. The fourth-order valence-electron chi connectivity index (χ4n) is 1.95. The highest BCUT2D eigenvalue weighted by molar-refractivity contribution is 6.32. The van der Waals surface area contributed by atoms with Crippen LogP contribution in [0.1, 0.15) is 17.3 Å². The number of carbonyl (C=O) groups is 3. The predicted octanol–water partition coefficient (Wildman–Crippen LogP) is 3.05. The van der Waals surface area contributed by atoms with Crippen LogP contribution >= 0.6 is 11.6 Å². The van der Waals surface area contributed by atoms with E-state index in [-0.39, 0.29) is 10.7 Å². The van der Waals surface area contributed by atoms with Crippen LogP contribution in [-0.4, -0.2) is 29.9 Å². The lowest BCUT2D eigenvalue weighted by atomic mass is 10.2. The summed E-state index contributed by atoms with van der Waals surface area (Å²) in [5.74, 6) is -1.43. The first-order valence-corrected chi connectivity index (χ1v) is 7.88. The lowest BCUT2D eigenvalue weighted by molar-refractivity contribution is -0.114. The van der Waals surface area contributed by atoms with E-state index in [0.717, 1.165) is 6.08 Å². The van der Waals surface area contributed by atoms with Gasteiger partial charge < -0.3 is 15.4 Å². The third-order valence-corrected chi connectivity index (χ3v) is 3.59. The van der Waals surface area contributed by atoms with Crippen molar-refractivity contribution in [3.05, 3.63) is 65.0 Å². The van der Waals surface area contributed by atoms with Crippen molar-refractivity contribution in [2.24, 2.45) is 0 Å². The largest absolute Gasteiger partial charge is 0.465 e. The van der Waals surface area contributed by atoms with Gasteiger partial charge in [-0.15, -0.1) is 0 Å². The molecule has 7 nitrogen and oxygen atoms in total. The van der Waals surface area contributed by atoms with E-state index >= 15 is 0 Å². The maximum atomic E-state index is 12.2. The highest BCUT2D eigenvalue weighted by atomic mass is 35.5. The number of anilines is 2. The van der Waals surface area contributed by atoms with Crippen LogP contribution in [0, 0.1) is 0 Å². The molecule has 1 heterocycles. The van der Waals surface area contributed by atoms with Crippen LogP contribution in [-0.2, 0) is 14.3 Å². The van der Waals surface area contributed by atoms with Gasteiger partial charge in [0.15, 0.2) is 5.15 Å². The molecule has 2 amide bonds. The molecule has 0 radical (unpaired) electrons. The van der Waals surface area contributed by atoms with E-state index in [2.05, 4.69) is 20.4 Å². The van der Waals surface area contributed by atoms with E-state index in [4.69, 9.17) is 11.6 Å². The number of esters is 1. The maximum Gasteiger partial charge on any atom is 0.337 e. The molecule has 0 spiro atoms. The molecule has 2 rings (SSSR count). The molecule has 0 atom stereocenters. The number of benzene rings is 1. The molecular weight excluding hydrogens is 358 g/mol. The minimum absolute atomic E-state index is 0.155. The standard InChI is InChI=1S/C18H16ClN3O4/c1-11(10-15(23)22-14-4-3-9-20-16(14)19)17(24)21-13-7-5-12(6-8-13)18(25)26-2/h3-10H,1-2H3,(H,21,24)(H,22,23)/b11-10+. The Hall–Kier alpha value is -3.19. The third-order valence-electron chi connectivity index (χ3n) is 3.29. The van der Waals surface area contributed by atoms with Crippen molar-refractivity contribution in [2.75, 3.05) is 17.7 Å². The predicted molar refractivity (Wildman–Crippen MR) is 98.0 cm³/mol. The number of rotatable bonds is 5. The second kappa shape index (κ2) is 8.77. The number of hydrogen-bond acceptors (Lipinski definition) is 5. The SMILES string of the molecule is COC(=O)c1ccc(NC(=O)/C(C)=C/C(=O)Nc2cccnc2Cl)cc1. The zero-order valence-electron chi connectivity index (χ0n) is 14.1. The summed E-state index contributed by atoms with van der Waals surface area (Å²) < 4.78 is 4.60. The first kappa shape index (κ1) is 19.1. The van der Waals surface area contributed by atoms with Crippen LogP contribution in [0.15, 0.2) is 54.2 Å². The number of nitrogens with one attached hydrogen (secondary N) is 2. The summed E-state index contributed by atoms with van der Waals surface area (Å²) in [4.78, 5) is 39.4. The Balaban J connectivity index is 2.00. The van der Waals surface area contributed by atoms with Crippen molar-refractivity contribution in [3.63, 3.8) is 0 Å². The maximum absolute atomic E-state index is 12.2. The van der Waals surface area contributed by atoms with Crippen LogP contribution in [0.25, 0.3) is 0 Å². The Kier molecular flexibility index (Phi) is 6.46. The van der Waals surface area contributed by atoms with Crippen molar-refractivity contribution in [3.8, 4) is 0 Å². The van der Waals surface area contributed by atoms with E-state index in [1.807, 2.05) is 0 Å². The lowest BCUT2D eigenvalue weighted by Crippen LogP contribution is -2.16. The van der Waals surface area contributed by atoms with Crippen LogP contribution in [0.3, 0.4) is 0 Å². The summed E-state index contributed by atoms with van der Waals surface area (Å²) in [5, 5.41) is 5.33. The summed E-state index contributed by atoms with van der Waals surface area (Å²) in [7, 11) is 1.29. The van der Waals surface area contributed by atoms with Gasteiger partial charge in [0.2, 0.25) is 5.91 Å². The van der Waals surface area contributed by atoms with E-state index in [0.29, 0.717) is 16.9 Å². The fourth-order valence-corrected chi connectivity index (χ4v) is 2.11. The summed E-state index contributed by atoms with van der Waals surface area (Å²) in [5.41, 5.74) is 1.39. The zero-order valence-corrected chi connectivity index (χ0v) is 14.8. The Morgan fingerprint density at radius 3 is 2.42 bits per heavy atom. The van der Waals surface area contributed by atoms with Crippen molar-refractivity contribution < 1.29 is 19.1 Å². The van der Waals surface area contributed by atoms with Crippen molar-refractivity contribution in [1.82, 2.24) is 4.98 Å². The minimum Gasteiger partial charge on any atom is -0.465 e. The molecule has 8 heteroatoms. The number of methoxy groups -OCH3 is 1. The molecule has 1 aromatic heterocycles. The normalized spacial score (nSPS) is 10.8. The quantitative estimate of drug-likeness (QED) is 0.477. The summed E-state index contributed by atoms with van der Waals surface area (Å²) >= 11 is 5.86. The topological polar surface area (TPSA) is 97.4 Å². The molecule has 0 saturated carbocycles. The van der Waals surface area contributed by atoms with Gasteiger partial charge in [0.1, 0.15) is 0 Å². The molecule has 0 aliphatic carbocycles. The van der Waals surface area contributed by atoms with Gasteiger partial charge in [0.05, 0.1) is 18.4 Å². The molecule has 134 valence electrons. The molecule has 0 aliphatic rings. The molecule has 0 fully saturated rings. The van der Waals surface area contributed by atoms with Gasteiger partial charge in [-0.05, 0) is 43.3 Å². The molecule has 1 aromatic carbocycles. The number of amides is 2. The Bertz CT molecular complexity index is 863. The van der Waals surface area contributed by atoms with Crippen LogP contribution in [0.4, 0.5) is 11.4 Å². The number of pyridine rings is 1. The van der Waals surface area contributed by atoms with Crippen molar-refractivity contribution in [1.29, 1.82) is 0 Å². The van der Waals surface area contributed by atoms with Crippen LogP contribution in [0.2, 0.25) is 5.15 Å². The molecule has 2 aromatic rings. The van der Waals surface area contributed by atoms with Crippen LogP contribution in [0.5, 0.6) is 0 Å². The molecule has 0 bridgehead atoms. The average Bonchev–Trinajstić information content (AvgIpc) is 2.63. The number of nitrogens with zero attached hydrogens (tertiary/aromatic N) is 1. The van der Waals surface area contributed by atoms with Gasteiger partial charge in [-0.3, -0.25) is 9.59 Å². The molecule has 2 N–H and O–H groups in total. The van der Waals surface area contributed by atoms with Crippen LogP contribution < -0.4 is 10.6 Å². The van der Waals surface area contributed by atoms with E-state index < -0.39 is 17.8 Å². The Morgan fingerprint density at radius 2 is 1.81 bits per heavy atom. The summed E-state index contributed by atoms with van der Waals surface area (Å²) in [6.45, 7) is 1.50. The monoisotopic (exact) mass is 373 g/mol. The first-order valence-electron chi connectivity index (χ1n) is 7.50. The van der Waals surface area contributed by atoms with Gasteiger partial charge >= 0.3 is 5.97 Å². The van der Waals surface area contributed by atoms with E-state index in [9.17, 15) is 14.4 Å².